The summed E-state index contributed by atoms with van der Waals surface area (Å²) in [6, 6.07) is 37.1. The molecule has 23 heteroatoms. The maximum absolute atomic E-state index is 13.5. The van der Waals surface area contributed by atoms with E-state index < -0.39 is 11.7 Å². The summed E-state index contributed by atoms with van der Waals surface area (Å²) in [6.45, 7) is 14.2. The summed E-state index contributed by atoms with van der Waals surface area (Å²) in [5.74, 6) is 0.503. The molecule has 3 aromatic carbocycles. The van der Waals surface area contributed by atoms with Crippen molar-refractivity contribution in [2.24, 2.45) is 5.73 Å². The normalized spacial score (nSPS) is 17.3. The molecule has 6 heterocycles. The first-order valence-corrected chi connectivity index (χ1v) is 39.7. The summed E-state index contributed by atoms with van der Waals surface area (Å²) in [5.41, 5.74) is 10.4. The summed E-state index contributed by atoms with van der Waals surface area (Å²) in [7, 11) is 0. The molecule has 7 N–H and O–H groups in total. The lowest BCUT2D eigenvalue weighted by molar-refractivity contribution is -0.132. The Bertz CT molecular complexity index is 3340. The first kappa shape index (κ1) is 75.0. The summed E-state index contributed by atoms with van der Waals surface area (Å²) >= 11 is 2.52. The van der Waals surface area contributed by atoms with Gasteiger partial charge >= 0.3 is 6.09 Å². The van der Waals surface area contributed by atoms with E-state index in [0.29, 0.717) is 122 Å². The van der Waals surface area contributed by atoms with Crippen LogP contribution in [0.25, 0.3) is 22.5 Å². The molecule has 4 fully saturated rings. The molecule has 0 radical (unpaired) electrons. The van der Waals surface area contributed by atoms with Crippen LogP contribution in [0.2, 0.25) is 19.6 Å². The molecule has 0 spiro atoms. The molecule has 5 aromatic rings. The van der Waals surface area contributed by atoms with Gasteiger partial charge in [-0.25, -0.2) is 14.8 Å². The number of nitrogens with two attached hydrogens (primary N) is 1. The lowest BCUT2D eigenvalue weighted by Crippen LogP contribution is -2.43. The van der Waals surface area contributed by atoms with Crippen LogP contribution in [0.5, 0.6) is 0 Å². The van der Waals surface area contributed by atoms with Crippen molar-refractivity contribution < 1.29 is 38.2 Å². The molecule has 0 saturated carbocycles. The predicted molar refractivity (Wildman–Crippen MR) is 377 cm³/mol. The highest BCUT2D eigenvalue weighted by Gasteiger charge is 2.31. The van der Waals surface area contributed by atoms with Crippen molar-refractivity contribution in [2.75, 3.05) is 76.2 Å². The minimum absolute atomic E-state index is 0.000618. The van der Waals surface area contributed by atoms with Crippen molar-refractivity contribution in [3.63, 3.8) is 0 Å². The second kappa shape index (κ2) is 41.0. The van der Waals surface area contributed by atoms with E-state index in [9.17, 15) is 34.5 Å². The van der Waals surface area contributed by atoms with Gasteiger partial charge in [-0.3, -0.25) is 19.2 Å². The van der Waals surface area contributed by atoms with Gasteiger partial charge in [0.15, 0.2) is 0 Å². The molecule has 9 rings (SSSR count). The largest absolute Gasteiger partial charge is 0.445 e. The molecule has 502 valence electrons. The number of carbonyl (C=O) groups is 5. The van der Waals surface area contributed by atoms with Crippen LogP contribution in [0, 0.1) is 34.0 Å². The van der Waals surface area contributed by atoms with Crippen LogP contribution in [0.1, 0.15) is 147 Å². The van der Waals surface area contributed by atoms with Crippen LogP contribution in [0.15, 0.2) is 103 Å². The van der Waals surface area contributed by atoms with Gasteiger partial charge < -0.3 is 56.3 Å². The molecule has 2 aromatic heterocycles. The first-order chi connectivity index (χ1) is 45.5. The number of nitrogens with zero attached hydrogens (tertiary/aromatic N) is 7. The zero-order chi connectivity index (χ0) is 67.5. The number of pyridine rings is 2. The number of aromatic nitrogens is 2. The summed E-state index contributed by atoms with van der Waals surface area (Å²) in [6.07, 6.45) is 13.4. The lowest BCUT2D eigenvalue weighted by atomic mass is 10.0. The molecule has 2 unspecified atom stereocenters. The molecular weight excluding hydrogens is 1320 g/mol. The molecule has 4 atom stereocenters. The molecule has 0 aliphatic carbocycles. The minimum Gasteiger partial charge on any atom is -0.445 e. The number of benzene rings is 3. The van der Waals surface area contributed by atoms with Crippen LogP contribution in [0.3, 0.4) is 0 Å². The number of carbonyl (C=O) groups excluding carboxylic acids is 5. The molecule has 0 bridgehead atoms. The summed E-state index contributed by atoms with van der Waals surface area (Å²) < 4.78 is 17.0. The summed E-state index contributed by atoms with van der Waals surface area (Å²) in [5, 5.41) is 42.0. The van der Waals surface area contributed by atoms with Crippen molar-refractivity contribution >= 4 is 68.7 Å². The van der Waals surface area contributed by atoms with Gasteiger partial charge in [-0.05, 0) is 138 Å². The monoisotopic (exact) mass is 1410 g/mol. The number of halogens is 1. The molecule has 5 amide bonds. The zero-order valence-electron chi connectivity index (χ0n) is 55.1. The number of hydrogen-bond acceptors (Lipinski definition) is 16. The van der Waals surface area contributed by atoms with E-state index in [1.165, 1.54) is 13.3 Å². The number of amides is 5. The fraction of sp³-hybridized carbons (Fsp3) is 0.493. The predicted octanol–water partition coefficient (Wildman–Crippen LogP) is 11.7. The highest BCUT2D eigenvalue weighted by Crippen LogP contribution is 2.29. The number of ether oxygens (including phenoxy) is 3. The number of alkyl carbamates (subject to hydrolysis) is 1. The van der Waals surface area contributed by atoms with Gasteiger partial charge in [0, 0.05) is 102 Å². The van der Waals surface area contributed by atoms with Crippen LogP contribution < -0.4 is 32.3 Å². The average Bonchev–Trinajstić information content (AvgIpc) is 1.38. The highest BCUT2D eigenvalue weighted by molar-refractivity contribution is 14.1. The minimum atomic E-state index is -0.641. The van der Waals surface area contributed by atoms with E-state index in [-0.39, 0.29) is 60.9 Å². The van der Waals surface area contributed by atoms with Gasteiger partial charge in [-0.15, -0.1) is 21.8 Å². The van der Waals surface area contributed by atoms with Crippen LogP contribution in [-0.4, -0.2) is 145 Å². The van der Waals surface area contributed by atoms with Crippen molar-refractivity contribution in [1.82, 2.24) is 35.7 Å². The van der Waals surface area contributed by atoms with Crippen LogP contribution >= 0.6 is 21.8 Å². The van der Waals surface area contributed by atoms with Gasteiger partial charge in [0.2, 0.25) is 11.8 Å². The van der Waals surface area contributed by atoms with Gasteiger partial charge in [0.1, 0.15) is 23.8 Å². The first-order valence-electron chi connectivity index (χ1n) is 33.1. The second-order valence-electron chi connectivity index (χ2n) is 24.4. The number of nitrogens with one attached hydrogen (secondary N) is 5. The topological polar surface area (TPSA) is 303 Å². The van der Waals surface area contributed by atoms with E-state index in [4.69, 9.17) is 35.2 Å². The second-order valence-corrected chi connectivity index (χ2v) is 38.2. The number of hydrogen-bond donors (Lipinski definition) is 6. The quantitative estimate of drug-likeness (QED) is 0.0137. The Hall–Kier alpha value is -7.99. The number of nitriles is 3. The Kier molecular flexibility index (Phi) is 32.7. The van der Waals surface area contributed by atoms with E-state index in [2.05, 4.69) is 80.2 Å². The lowest BCUT2D eigenvalue weighted by Gasteiger charge is -2.25. The van der Waals surface area contributed by atoms with Crippen LogP contribution in [0.4, 0.5) is 16.4 Å². The van der Waals surface area contributed by atoms with E-state index >= 15 is 0 Å². The number of likely N-dealkylation sites (tertiary alicyclic amines) is 2. The Morgan fingerprint density at radius 2 is 1.05 bits per heavy atom. The standard InChI is InChI=1S/C37H44N6O5.C29H38N6O3.C3H9ISi.C2H3N/c38-24-28-12-4-5-15-31(28)33-18-17-32(35(42-33)39-21-19-30-14-6-7-23-47-30)36(45)41-25-29-13-9-22-43(29)34(44)16-8-20-40-37(46)48-26-27-10-2-1-3-11-27;30-15-5-11-27(36)35-17-6-8-22(35)20-33-29(37)25-12-13-26(24-10-2-1-7-21(24)19-31)34-28(25)32-16-14-23-9-3-4-18-38-23;1-5(2,3)4;1-2-3/h1-5,10-12,15,17-18,29-30H,6-9,13-14,16,19-23,25-26H2,(H,39,42)(H,40,46)(H,41,45);1-2,7,10,12-13,22-23H,3-6,8-9,11,14-18,20,30H2,(H,32,34)(H,33,37);1-3H3;1H3/t29-,30?;22-,23?;;/m11../s1. The van der Waals surface area contributed by atoms with E-state index in [1.807, 2.05) is 76.5 Å². The van der Waals surface area contributed by atoms with Crippen LogP contribution in [-0.2, 0) is 30.4 Å². The molecule has 4 aliphatic rings. The van der Waals surface area contributed by atoms with Crippen molar-refractivity contribution in [2.45, 2.75) is 160 Å². The van der Waals surface area contributed by atoms with Crippen molar-refractivity contribution in [3.05, 3.63) is 131 Å². The Labute approximate surface area is 568 Å². The van der Waals surface area contributed by atoms with Gasteiger partial charge in [-0.1, -0.05) is 86.4 Å². The Morgan fingerprint density at radius 3 is 1.49 bits per heavy atom. The smallest absolute Gasteiger partial charge is 0.407 e. The molecule has 94 heavy (non-hydrogen) atoms. The number of rotatable bonds is 25. The molecule has 4 saturated heterocycles. The van der Waals surface area contributed by atoms with Crippen molar-refractivity contribution in [3.8, 4) is 40.7 Å². The zero-order valence-corrected chi connectivity index (χ0v) is 58.2. The third-order valence-electron chi connectivity index (χ3n) is 16.0. The fourth-order valence-electron chi connectivity index (χ4n) is 11.3. The molecular formula is C71H94IN13O8Si. The summed E-state index contributed by atoms with van der Waals surface area (Å²) in [4.78, 5) is 77.8. The van der Waals surface area contributed by atoms with Gasteiger partial charge in [-0.2, -0.15) is 15.8 Å². The number of anilines is 2. The highest BCUT2D eigenvalue weighted by atomic mass is 127. The van der Waals surface area contributed by atoms with Crippen molar-refractivity contribution in [1.29, 1.82) is 15.8 Å². The maximum Gasteiger partial charge on any atom is 0.407 e. The fourth-order valence-corrected chi connectivity index (χ4v) is 11.3. The van der Waals surface area contributed by atoms with E-state index in [0.717, 1.165) is 95.0 Å². The SMILES string of the molecule is CC#N.C[Si](C)(C)I.N#Cc1ccccc1-c1ccc(C(=O)NC[C@H]2CCCN2C(=O)CCCN)c(NCCC2CCCCO2)n1.N#Cc1ccccc1-c1ccc(C(=O)NC[C@H]2CCCN2C(=O)CCCNC(=O)OCc2ccccc2)c(NCCC2CCCCO2)n1. The van der Waals surface area contributed by atoms with Gasteiger partial charge in [0.05, 0.1) is 64.1 Å². The average molecular weight is 1410 g/mol. The third-order valence-corrected chi connectivity index (χ3v) is 16.0. The third kappa shape index (κ3) is 25.7. The van der Waals surface area contributed by atoms with E-state index in [1.54, 1.807) is 42.5 Å². The Morgan fingerprint density at radius 1 is 0.606 bits per heavy atom. The Balaban J connectivity index is 0.000000273. The molecule has 21 nitrogen and oxygen atoms in total. The van der Waals surface area contributed by atoms with Gasteiger partial charge in [0.25, 0.3) is 11.8 Å². The maximum atomic E-state index is 13.5. The molecule has 4 aliphatic heterocycles.